The second kappa shape index (κ2) is 3.84. The molecular weight excluding hydrogens is 212 g/mol. The summed E-state index contributed by atoms with van der Waals surface area (Å²) >= 11 is 0. The van der Waals surface area contributed by atoms with Crippen LogP contribution < -0.4 is 5.43 Å². The van der Waals surface area contributed by atoms with Gasteiger partial charge in [0, 0.05) is 18.1 Å². The van der Waals surface area contributed by atoms with Crippen molar-refractivity contribution in [3.05, 3.63) is 35.9 Å². The summed E-state index contributed by atoms with van der Waals surface area (Å²) < 4.78 is 5.91. The van der Waals surface area contributed by atoms with Crippen LogP contribution in [0.25, 0.3) is 0 Å². The largest absolute Gasteiger partial charge is 0.374 e. The van der Waals surface area contributed by atoms with Crippen LogP contribution in [0.1, 0.15) is 31.9 Å². The highest BCUT2D eigenvalue weighted by Gasteiger charge is 2.40. The molecule has 0 bridgehead atoms. The number of ether oxygens (including phenoxy) is 1. The van der Waals surface area contributed by atoms with Crippen LogP contribution in [0.4, 0.5) is 0 Å². The van der Waals surface area contributed by atoms with Crippen LogP contribution in [0.5, 0.6) is 0 Å². The van der Waals surface area contributed by atoms with Crippen molar-refractivity contribution in [2.75, 3.05) is 6.61 Å². The smallest absolute Gasteiger partial charge is 0.0792 e. The first-order valence-corrected chi connectivity index (χ1v) is 6.17. The zero-order valence-electron chi connectivity index (χ0n) is 10.3. The number of fused-ring (bicyclic) bond motifs is 1. The molecule has 0 saturated carbocycles. The molecule has 0 spiro atoms. The molecule has 1 fully saturated rings. The molecule has 0 aromatic heterocycles. The van der Waals surface area contributed by atoms with Gasteiger partial charge in [0.2, 0.25) is 0 Å². The number of hydrogen-bond donors (Lipinski definition) is 1. The first-order chi connectivity index (χ1) is 8.16. The number of nitrogens with zero attached hydrogens (tertiary/aromatic N) is 1. The van der Waals surface area contributed by atoms with E-state index >= 15 is 0 Å². The maximum absolute atomic E-state index is 5.91. The fraction of sp³-hybridized carbons (Fsp3) is 0.500. The van der Waals surface area contributed by atoms with Crippen molar-refractivity contribution in [1.29, 1.82) is 0 Å². The van der Waals surface area contributed by atoms with E-state index in [1.54, 1.807) is 0 Å². The van der Waals surface area contributed by atoms with E-state index in [2.05, 4.69) is 48.6 Å². The lowest BCUT2D eigenvalue weighted by molar-refractivity contribution is -0.0389. The van der Waals surface area contributed by atoms with E-state index in [-0.39, 0.29) is 11.6 Å². The van der Waals surface area contributed by atoms with Crippen LogP contribution in [0.3, 0.4) is 0 Å². The summed E-state index contributed by atoms with van der Waals surface area (Å²) in [6.07, 6.45) is 0.925. The average molecular weight is 230 g/mol. The Morgan fingerprint density at radius 3 is 2.82 bits per heavy atom. The van der Waals surface area contributed by atoms with Gasteiger partial charge < -0.3 is 10.2 Å². The minimum absolute atomic E-state index is 0.0669. The number of hydrogen-bond acceptors (Lipinski definition) is 3. The third-order valence-corrected chi connectivity index (χ3v) is 3.60. The molecule has 1 saturated heterocycles. The Morgan fingerprint density at radius 2 is 2.06 bits per heavy atom. The number of benzene rings is 1. The second-order valence-corrected chi connectivity index (χ2v) is 5.47. The van der Waals surface area contributed by atoms with Gasteiger partial charge in [0.25, 0.3) is 0 Å². The maximum Gasteiger partial charge on any atom is 0.0792 e. The van der Waals surface area contributed by atoms with E-state index in [4.69, 9.17) is 4.74 Å². The third kappa shape index (κ3) is 1.95. The molecule has 1 N–H and O–H groups in total. The summed E-state index contributed by atoms with van der Waals surface area (Å²) in [6.45, 7) is 5.02. The van der Waals surface area contributed by atoms with E-state index in [0.29, 0.717) is 5.92 Å². The minimum Gasteiger partial charge on any atom is -0.374 e. The fourth-order valence-corrected chi connectivity index (χ4v) is 2.65. The van der Waals surface area contributed by atoms with E-state index < -0.39 is 0 Å². The van der Waals surface area contributed by atoms with Crippen molar-refractivity contribution < 1.29 is 4.74 Å². The molecular formula is C14H18N2O. The highest BCUT2D eigenvalue weighted by Crippen LogP contribution is 2.36. The molecule has 2 heterocycles. The summed E-state index contributed by atoms with van der Waals surface area (Å²) in [5, 5.41) is 4.50. The van der Waals surface area contributed by atoms with Gasteiger partial charge >= 0.3 is 0 Å². The predicted molar refractivity (Wildman–Crippen MR) is 67.9 cm³/mol. The van der Waals surface area contributed by atoms with Crippen molar-refractivity contribution in [3.8, 4) is 0 Å². The minimum atomic E-state index is -0.0669. The van der Waals surface area contributed by atoms with Crippen LogP contribution in [-0.4, -0.2) is 17.9 Å². The standard InChI is InChI=1S/C14H18N2O/c1-14(2)8-12-11(9-17-14)13(16-15-12)10-6-4-3-5-7-10/h3-7,11,13,16H,8-9H2,1-2H3/t11-,13-/m0/s1. The van der Waals surface area contributed by atoms with E-state index in [9.17, 15) is 0 Å². The first kappa shape index (κ1) is 10.8. The van der Waals surface area contributed by atoms with Crippen LogP contribution >= 0.6 is 0 Å². The van der Waals surface area contributed by atoms with Crippen LogP contribution in [-0.2, 0) is 4.74 Å². The lowest BCUT2D eigenvalue weighted by Crippen LogP contribution is -2.40. The molecule has 0 unspecified atom stereocenters. The van der Waals surface area contributed by atoms with Gasteiger partial charge in [-0.2, -0.15) is 5.10 Å². The highest BCUT2D eigenvalue weighted by molar-refractivity contribution is 5.90. The SMILES string of the molecule is CC1(C)CC2=NN[C@@H](c3ccccc3)[C@H]2CO1. The van der Waals surface area contributed by atoms with Gasteiger partial charge in [-0.25, -0.2) is 0 Å². The molecule has 2 aliphatic heterocycles. The fourth-order valence-electron chi connectivity index (χ4n) is 2.65. The quantitative estimate of drug-likeness (QED) is 0.804. The Labute approximate surface area is 102 Å². The van der Waals surface area contributed by atoms with Gasteiger partial charge in [0.15, 0.2) is 0 Å². The molecule has 1 aromatic carbocycles. The van der Waals surface area contributed by atoms with Gasteiger partial charge in [-0.15, -0.1) is 0 Å². The van der Waals surface area contributed by atoms with Gasteiger partial charge in [-0.05, 0) is 19.4 Å². The Kier molecular flexibility index (Phi) is 2.44. The van der Waals surface area contributed by atoms with Crippen LogP contribution in [0.2, 0.25) is 0 Å². The predicted octanol–water partition coefficient (Wildman–Crippen LogP) is 2.50. The Balaban J connectivity index is 1.82. The average Bonchev–Trinajstić information content (AvgIpc) is 2.71. The monoisotopic (exact) mass is 230 g/mol. The van der Waals surface area contributed by atoms with Crippen molar-refractivity contribution in [2.24, 2.45) is 11.0 Å². The van der Waals surface area contributed by atoms with E-state index in [1.165, 1.54) is 11.3 Å². The third-order valence-electron chi connectivity index (χ3n) is 3.60. The summed E-state index contributed by atoms with van der Waals surface area (Å²) in [5.41, 5.74) is 5.74. The van der Waals surface area contributed by atoms with E-state index in [0.717, 1.165) is 13.0 Å². The van der Waals surface area contributed by atoms with Gasteiger partial charge in [0.1, 0.15) is 0 Å². The van der Waals surface area contributed by atoms with Gasteiger partial charge in [0.05, 0.1) is 18.2 Å². The Bertz CT molecular complexity index is 439. The van der Waals surface area contributed by atoms with Crippen molar-refractivity contribution in [3.63, 3.8) is 0 Å². The normalized spacial score (nSPS) is 30.4. The lowest BCUT2D eigenvalue weighted by Gasteiger charge is -2.35. The molecule has 0 aliphatic carbocycles. The molecule has 0 amide bonds. The van der Waals surface area contributed by atoms with Gasteiger partial charge in [-0.1, -0.05) is 30.3 Å². The Morgan fingerprint density at radius 1 is 1.29 bits per heavy atom. The molecule has 1 aromatic rings. The lowest BCUT2D eigenvalue weighted by atomic mass is 9.84. The zero-order chi connectivity index (χ0) is 11.9. The number of rotatable bonds is 1. The number of hydrazone groups is 1. The maximum atomic E-state index is 5.91. The molecule has 3 heteroatoms. The molecule has 2 aliphatic rings. The topological polar surface area (TPSA) is 33.6 Å². The van der Waals surface area contributed by atoms with Crippen molar-refractivity contribution in [2.45, 2.75) is 31.9 Å². The molecule has 3 rings (SSSR count). The van der Waals surface area contributed by atoms with Crippen molar-refractivity contribution >= 4 is 5.71 Å². The summed E-state index contributed by atoms with van der Waals surface area (Å²) in [7, 11) is 0. The molecule has 0 radical (unpaired) electrons. The van der Waals surface area contributed by atoms with Crippen molar-refractivity contribution in [1.82, 2.24) is 5.43 Å². The molecule has 2 atom stereocenters. The summed E-state index contributed by atoms with van der Waals surface area (Å²) in [4.78, 5) is 0. The Hall–Kier alpha value is -1.35. The molecule has 90 valence electrons. The number of nitrogens with one attached hydrogen (secondary N) is 1. The summed E-state index contributed by atoms with van der Waals surface area (Å²) in [6, 6.07) is 10.8. The first-order valence-electron chi connectivity index (χ1n) is 6.17. The zero-order valence-corrected chi connectivity index (χ0v) is 10.3. The summed E-state index contributed by atoms with van der Waals surface area (Å²) in [5.74, 6) is 0.394. The van der Waals surface area contributed by atoms with Gasteiger partial charge in [-0.3, -0.25) is 0 Å². The highest BCUT2D eigenvalue weighted by atomic mass is 16.5. The van der Waals surface area contributed by atoms with Crippen LogP contribution in [0.15, 0.2) is 35.4 Å². The van der Waals surface area contributed by atoms with E-state index in [1.807, 2.05) is 6.07 Å². The molecule has 3 nitrogen and oxygen atoms in total. The second-order valence-electron chi connectivity index (χ2n) is 5.47. The van der Waals surface area contributed by atoms with Crippen LogP contribution in [0, 0.1) is 5.92 Å². The molecule has 17 heavy (non-hydrogen) atoms.